The average molecular weight is 353 g/mol. The van der Waals surface area contributed by atoms with Crippen LogP contribution >= 0.6 is 0 Å². The zero-order chi connectivity index (χ0) is 18.2. The Hall–Kier alpha value is -2.40. The van der Waals surface area contributed by atoms with E-state index in [1.165, 1.54) is 0 Å². The van der Waals surface area contributed by atoms with Gasteiger partial charge in [-0.2, -0.15) is 0 Å². The number of carbonyl (C=O) groups is 1. The van der Waals surface area contributed by atoms with Crippen molar-refractivity contribution in [1.82, 2.24) is 15.2 Å². The zero-order valence-electron chi connectivity index (χ0n) is 15.4. The average Bonchev–Trinajstić information content (AvgIpc) is 2.87. The van der Waals surface area contributed by atoms with Crippen LogP contribution in [0.5, 0.6) is 5.75 Å². The summed E-state index contributed by atoms with van der Waals surface area (Å²) >= 11 is 0. The lowest BCUT2D eigenvalue weighted by Gasteiger charge is -2.23. The van der Waals surface area contributed by atoms with Crippen molar-refractivity contribution in [3.8, 4) is 5.75 Å². The van der Waals surface area contributed by atoms with Crippen molar-refractivity contribution in [2.45, 2.75) is 38.8 Å². The standard InChI is InChI=1S/C21H27N3O2/c1-2-3-9-19(17-8-6-11-22-14-17)23-21(25)16-24-12-13-26-20-10-5-4-7-18(20)15-24/h4-8,10-11,14,19H,2-3,9,12-13,15-16H2,1H3,(H,23,25). The maximum Gasteiger partial charge on any atom is 0.234 e. The van der Waals surface area contributed by atoms with Crippen LogP contribution in [0.2, 0.25) is 0 Å². The summed E-state index contributed by atoms with van der Waals surface area (Å²) < 4.78 is 5.78. The molecule has 0 radical (unpaired) electrons. The van der Waals surface area contributed by atoms with Crippen LogP contribution < -0.4 is 10.1 Å². The van der Waals surface area contributed by atoms with Gasteiger partial charge in [-0.3, -0.25) is 14.7 Å². The molecule has 0 saturated carbocycles. The van der Waals surface area contributed by atoms with Gasteiger partial charge in [0.25, 0.3) is 0 Å². The van der Waals surface area contributed by atoms with Crippen LogP contribution in [-0.2, 0) is 11.3 Å². The molecular formula is C21H27N3O2. The van der Waals surface area contributed by atoms with Gasteiger partial charge in [-0.25, -0.2) is 0 Å². The Labute approximate surface area is 155 Å². The SMILES string of the molecule is CCCCC(NC(=O)CN1CCOc2ccccc2C1)c1cccnc1. The van der Waals surface area contributed by atoms with Crippen molar-refractivity contribution in [2.75, 3.05) is 19.7 Å². The summed E-state index contributed by atoms with van der Waals surface area (Å²) in [6.45, 7) is 4.62. The largest absolute Gasteiger partial charge is 0.492 e. The number of carbonyl (C=O) groups excluding carboxylic acids is 1. The zero-order valence-corrected chi connectivity index (χ0v) is 15.4. The van der Waals surface area contributed by atoms with Crippen LogP contribution in [0.25, 0.3) is 0 Å². The van der Waals surface area contributed by atoms with Gasteiger partial charge in [0, 0.05) is 31.0 Å². The molecule has 0 bridgehead atoms. The van der Waals surface area contributed by atoms with Gasteiger partial charge in [0.1, 0.15) is 12.4 Å². The maximum absolute atomic E-state index is 12.7. The van der Waals surface area contributed by atoms with E-state index in [0.717, 1.165) is 49.2 Å². The van der Waals surface area contributed by atoms with Crippen LogP contribution in [-0.4, -0.2) is 35.5 Å². The fourth-order valence-electron chi connectivity index (χ4n) is 3.27. The van der Waals surface area contributed by atoms with Crippen LogP contribution in [0.4, 0.5) is 0 Å². The summed E-state index contributed by atoms with van der Waals surface area (Å²) in [5.41, 5.74) is 2.20. The van der Waals surface area contributed by atoms with E-state index in [1.807, 2.05) is 36.5 Å². The fourth-order valence-corrected chi connectivity index (χ4v) is 3.27. The number of hydrogen-bond acceptors (Lipinski definition) is 4. The molecule has 1 aromatic heterocycles. The second-order valence-corrected chi connectivity index (χ2v) is 6.72. The lowest BCUT2D eigenvalue weighted by atomic mass is 10.0. The van der Waals surface area contributed by atoms with E-state index in [2.05, 4.69) is 28.2 Å². The van der Waals surface area contributed by atoms with E-state index in [9.17, 15) is 4.79 Å². The number of rotatable bonds is 7. The van der Waals surface area contributed by atoms with Crippen LogP contribution in [0, 0.1) is 0 Å². The Bertz CT molecular complexity index is 705. The molecule has 1 atom stereocenters. The molecular weight excluding hydrogens is 326 g/mol. The number of amides is 1. The van der Waals surface area contributed by atoms with Gasteiger partial charge < -0.3 is 10.1 Å². The molecule has 5 heteroatoms. The Balaban J connectivity index is 1.61. The third-order valence-corrected chi connectivity index (χ3v) is 4.67. The molecule has 1 aliphatic heterocycles. The third-order valence-electron chi connectivity index (χ3n) is 4.67. The molecule has 3 rings (SSSR count). The number of para-hydroxylation sites is 1. The predicted molar refractivity (Wildman–Crippen MR) is 102 cm³/mol. The molecule has 1 N–H and O–H groups in total. The van der Waals surface area contributed by atoms with Gasteiger partial charge >= 0.3 is 0 Å². The van der Waals surface area contributed by atoms with Crippen molar-refractivity contribution in [2.24, 2.45) is 0 Å². The van der Waals surface area contributed by atoms with Crippen LogP contribution in [0.3, 0.4) is 0 Å². The number of hydrogen-bond donors (Lipinski definition) is 1. The van der Waals surface area contributed by atoms with E-state index in [0.29, 0.717) is 13.2 Å². The van der Waals surface area contributed by atoms with E-state index in [1.54, 1.807) is 6.20 Å². The molecule has 1 amide bonds. The third kappa shape index (κ3) is 5.05. The van der Waals surface area contributed by atoms with Gasteiger partial charge in [-0.05, 0) is 24.1 Å². The highest BCUT2D eigenvalue weighted by Gasteiger charge is 2.20. The molecule has 1 aliphatic rings. The minimum absolute atomic E-state index is 0.0201. The van der Waals surface area contributed by atoms with Crippen molar-refractivity contribution in [3.05, 3.63) is 59.9 Å². The lowest BCUT2D eigenvalue weighted by molar-refractivity contribution is -0.123. The summed E-state index contributed by atoms with van der Waals surface area (Å²) in [5.74, 6) is 0.973. The summed E-state index contributed by atoms with van der Waals surface area (Å²) in [4.78, 5) is 19.0. The summed E-state index contributed by atoms with van der Waals surface area (Å²) in [7, 11) is 0. The number of nitrogens with one attached hydrogen (secondary N) is 1. The van der Waals surface area contributed by atoms with Gasteiger partial charge in [0.05, 0.1) is 12.6 Å². The smallest absolute Gasteiger partial charge is 0.234 e. The van der Waals surface area contributed by atoms with Crippen LogP contribution in [0.15, 0.2) is 48.8 Å². The first-order valence-electron chi connectivity index (χ1n) is 9.38. The summed E-state index contributed by atoms with van der Waals surface area (Å²) in [6, 6.07) is 12.0. The minimum Gasteiger partial charge on any atom is -0.492 e. The van der Waals surface area contributed by atoms with E-state index in [4.69, 9.17) is 4.74 Å². The number of fused-ring (bicyclic) bond motifs is 1. The number of nitrogens with zero attached hydrogens (tertiary/aromatic N) is 2. The first kappa shape index (κ1) is 18.4. The van der Waals surface area contributed by atoms with Gasteiger partial charge in [-0.15, -0.1) is 0 Å². The van der Waals surface area contributed by atoms with Crippen LogP contribution in [0.1, 0.15) is 43.4 Å². The Morgan fingerprint density at radius 1 is 1.31 bits per heavy atom. The molecule has 2 heterocycles. The number of aromatic nitrogens is 1. The maximum atomic E-state index is 12.7. The molecule has 26 heavy (non-hydrogen) atoms. The number of benzene rings is 1. The molecule has 1 aromatic carbocycles. The topological polar surface area (TPSA) is 54.5 Å². The quantitative estimate of drug-likeness (QED) is 0.830. The fraction of sp³-hybridized carbons (Fsp3) is 0.429. The molecule has 1 unspecified atom stereocenters. The highest BCUT2D eigenvalue weighted by atomic mass is 16.5. The van der Waals surface area contributed by atoms with Gasteiger partial charge in [0.2, 0.25) is 5.91 Å². The van der Waals surface area contributed by atoms with E-state index < -0.39 is 0 Å². The first-order valence-corrected chi connectivity index (χ1v) is 9.38. The Morgan fingerprint density at radius 3 is 3.00 bits per heavy atom. The summed E-state index contributed by atoms with van der Waals surface area (Å²) in [5, 5.41) is 3.20. The van der Waals surface area contributed by atoms with Crippen molar-refractivity contribution in [1.29, 1.82) is 0 Å². The highest BCUT2D eigenvalue weighted by molar-refractivity contribution is 5.78. The molecule has 0 aliphatic carbocycles. The summed E-state index contributed by atoms with van der Waals surface area (Å²) in [6.07, 6.45) is 6.71. The molecule has 0 spiro atoms. The Morgan fingerprint density at radius 2 is 2.19 bits per heavy atom. The second kappa shape index (κ2) is 9.34. The van der Waals surface area contributed by atoms with Gasteiger partial charge in [0.15, 0.2) is 0 Å². The van der Waals surface area contributed by atoms with Crippen molar-refractivity contribution >= 4 is 5.91 Å². The lowest BCUT2D eigenvalue weighted by Crippen LogP contribution is -2.39. The minimum atomic E-state index is 0.0201. The van der Waals surface area contributed by atoms with Crippen molar-refractivity contribution in [3.63, 3.8) is 0 Å². The monoisotopic (exact) mass is 353 g/mol. The highest BCUT2D eigenvalue weighted by Crippen LogP contribution is 2.22. The number of pyridine rings is 1. The molecule has 2 aromatic rings. The molecule has 0 saturated heterocycles. The molecule has 5 nitrogen and oxygen atoms in total. The predicted octanol–water partition coefficient (Wildman–Crippen LogP) is 3.32. The van der Waals surface area contributed by atoms with Crippen molar-refractivity contribution < 1.29 is 9.53 Å². The molecule has 0 fully saturated rings. The number of unbranched alkanes of at least 4 members (excludes halogenated alkanes) is 1. The molecule has 138 valence electrons. The normalized spacial score (nSPS) is 15.4. The number of ether oxygens (including phenoxy) is 1. The van der Waals surface area contributed by atoms with Gasteiger partial charge in [-0.1, -0.05) is 44.0 Å². The van der Waals surface area contributed by atoms with E-state index in [-0.39, 0.29) is 11.9 Å². The second-order valence-electron chi connectivity index (χ2n) is 6.72. The van der Waals surface area contributed by atoms with E-state index >= 15 is 0 Å². The Kier molecular flexibility index (Phi) is 6.61. The first-order chi connectivity index (χ1) is 12.8.